The monoisotopic (exact) mass is 200 g/mol. The van der Waals surface area contributed by atoms with Crippen LogP contribution >= 0.6 is 0 Å². The van der Waals surface area contributed by atoms with Crippen LogP contribution in [0.3, 0.4) is 0 Å². The van der Waals surface area contributed by atoms with Crippen molar-refractivity contribution in [3.8, 4) is 0 Å². The quantitative estimate of drug-likeness (QED) is 0.387. The molecule has 76 valence electrons. The molecule has 0 aliphatic carbocycles. The molecular weight excluding hydrogens is 180 g/mol. The largest absolute Gasteiger partial charge is 0.435 e. The van der Waals surface area contributed by atoms with Gasteiger partial charge in [0.2, 0.25) is 0 Å². The SMILES string of the molecule is CCCCC(=O)O/C=C\[Si](C)(C)C. The molecule has 0 aromatic rings. The van der Waals surface area contributed by atoms with Crippen LogP contribution in [-0.4, -0.2) is 14.0 Å². The van der Waals surface area contributed by atoms with Crippen molar-refractivity contribution in [2.24, 2.45) is 0 Å². The topological polar surface area (TPSA) is 26.3 Å². The van der Waals surface area contributed by atoms with Crippen molar-refractivity contribution in [1.29, 1.82) is 0 Å². The lowest BCUT2D eigenvalue weighted by atomic mass is 10.3. The van der Waals surface area contributed by atoms with Crippen molar-refractivity contribution in [1.82, 2.24) is 0 Å². The summed E-state index contributed by atoms with van der Waals surface area (Å²) in [5.41, 5.74) is 2.02. The van der Waals surface area contributed by atoms with E-state index in [1.807, 2.05) is 5.70 Å². The van der Waals surface area contributed by atoms with E-state index in [9.17, 15) is 4.79 Å². The molecule has 2 nitrogen and oxygen atoms in total. The Bertz CT molecular complexity index is 180. The van der Waals surface area contributed by atoms with Crippen LogP contribution in [0.25, 0.3) is 0 Å². The first-order valence-corrected chi connectivity index (χ1v) is 8.40. The Balaban J connectivity index is 3.64. The van der Waals surface area contributed by atoms with Gasteiger partial charge in [-0.25, -0.2) is 0 Å². The van der Waals surface area contributed by atoms with Gasteiger partial charge in [0.1, 0.15) is 0 Å². The number of unbranched alkanes of at least 4 members (excludes halogenated alkanes) is 1. The second kappa shape index (κ2) is 5.97. The second-order valence-electron chi connectivity index (χ2n) is 4.26. The fraction of sp³-hybridized carbons (Fsp3) is 0.700. The van der Waals surface area contributed by atoms with Gasteiger partial charge in [0.05, 0.1) is 14.3 Å². The summed E-state index contributed by atoms with van der Waals surface area (Å²) in [4.78, 5) is 11.0. The van der Waals surface area contributed by atoms with Gasteiger partial charge in [0, 0.05) is 6.42 Å². The Labute approximate surface area is 82.0 Å². The smallest absolute Gasteiger partial charge is 0.310 e. The van der Waals surface area contributed by atoms with E-state index in [1.165, 1.54) is 0 Å². The van der Waals surface area contributed by atoms with Crippen LogP contribution in [0.4, 0.5) is 0 Å². The summed E-state index contributed by atoms with van der Waals surface area (Å²) in [5, 5.41) is 0. The van der Waals surface area contributed by atoms with Crippen LogP contribution in [0, 0.1) is 0 Å². The molecule has 0 unspecified atom stereocenters. The Morgan fingerprint density at radius 1 is 1.38 bits per heavy atom. The van der Waals surface area contributed by atoms with E-state index in [2.05, 4.69) is 26.6 Å². The number of carbonyl (C=O) groups is 1. The molecule has 0 atom stereocenters. The van der Waals surface area contributed by atoms with Gasteiger partial charge in [-0.05, 0) is 6.42 Å². The molecule has 0 aromatic carbocycles. The number of hydrogen-bond acceptors (Lipinski definition) is 2. The summed E-state index contributed by atoms with van der Waals surface area (Å²) >= 11 is 0. The summed E-state index contributed by atoms with van der Waals surface area (Å²) in [6, 6.07) is 0. The van der Waals surface area contributed by atoms with Gasteiger partial charge in [0.15, 0.2) is 0 Å². The van der Waals surface area contributed by atoms with Crippen LogP contribution in [0.15, 0.2) is 12.0 Å². The van der Waals surface area contributed by atoms with Gasteiger partial charge in [-0.15, -0.1) is 0 Å². The molecule has 0 N–H and O–H groups in total. The fourth-order valence-electron chi connectivity index (χ4n) is 0.694. The van der Waals surface area contributed by atoms with Crippen molar-refractivity contribution in [3.05, 3.63) is 12.0 Å². The lowest BCUT2D eigenvalue weighted by Gasteiger charge is -2.07. The van der Waals surface area contributed by atoms with Gasteiger partial charge in [0.25, 0.3) is 0 Å². The van der Waals surface area contributed by atoms with Gasteiger partial charge in [-0.1, -0.05) is 38.7 Å². The van der Waals surface area contributed by atoms with Crippen LogP contribution in [-0.2, 0) is 9.53 Å². The van der Waals surface area contributed by atoms with Gasteiger partial charge in [-0.3, -0.25) is 4.79 Å². The number of esters is 1. The highest BCUT2D eigenvalue weighted by atomic mass is 28.3. The summed E-state index contributed by atoms with van der Waals surface area (Å²) in [6.07, 6.45) is 4.04. The molecule has 0 saturated carbocycles. The summed E-state index contributed by atoms with van der Waals surface area (Å²) in [5.74, 6) is -0.114. The molecule has 0 heterocycles. The average Bonchev–Trinajstić information content (AvgIpc) is 1.98. The zero-order valence-corrected chi connectivity index (χ0v) is 10.1. The normalized spacial score (nSPS) is 12.0. The second-order valence-corrected chi connectivity index (χ2v) is 9.33. The highest BCUT2D eigenvalue weighted by Gasteiger charge is 2.07. The van der Waals surface area contributed by atoms with Crippen LogP contribution in [0.1, 0.15) is 26.2 Å². The highest BCUT2D eigenvalue weighted by molar-refractivity contribution is 6.80. The van der Waals surface area contributed by atoms with Crippen LogP contribution in [0.2, 0.25) is 19.6 Å². The molecule has 0 spiro atoms. The lowest BCUT2D eigenvalue weighted by molar-refractivity contribution is -0.138. The number of hydrogen-bond donors (Lipinski definition) is 0. The molecule has 0 radical (unpaired) electrons. The zero-order valence-electron chi connectivity index (χ0n) is 9.09. The van der Waals surface area contributed by atoms with Crippen LogP contribution in [0.5, 0.6) is 0 Å². The van der Waals surface area contributed by atoms with E-state index in [-0.39, 0.29) is 5.97 Å². The van der Waals surface area contributed by atoms with E-state index < -0.39 is 8.07 Å². The third-order valence-corrected chi connectivity index (χ3v) is 2.64. The average molecular weight is 200 g/mol. The van der Waals surface area contributed by atoms with Crippen molar-refractivity contribution in [2.75, 3.05) is 0 Å². The van der Waals surface area contributed by atoms with Crippen LogP contribution < -0.4 is 0 Å². The zero-order chi connectivity index (χ0) is 10.3. The summed E-state index contributed by atoms with van der Waals surface area (Å²) < 4.78 is 4.94. The molecule has 0 rings (SSSR count). The van der Waals surface area contributed by atoms with E-state index in [0.29, 0.717) is 6.42 Å². The predicted molar refractivity (Wildman–Crippen MR) is 58.1 cm³/mol. The first-order valence-electron chi connectivity index (χ1n) is 4.83. The molecule has 0 aromatic heterocycles. The standard InChI is InChI=1S/C10H20O2Si/c1-5-6-7-10(11)12-8-9-13(2,3)4/h8-9H,5-7H2,1-4H3/b9-8-. The maximum atomic E-state index is 11.0. The maximum absolute atomic E-state index is 11.0. The number of ether oxygens (including phenoxy) is 1. The Morgan fingerprint density at radius 3 is 2.46 bits per heavy atom. The molecule has 0 saturated heterocycles. The number of carbonyl (C=O) groups excluding carboxylic acids is 1. The van der Waals surface area contributed by atoms with E-state index in [1.54, 1.807) is 6.26 Å². The highest BCUT2D eigenvalue weighted by Crippen LogP contribution is 2.03. The van der Waals surface area contributed by atoms with Gasteiger partial charge < -0.3 is 4.74 Å². The molecular formula is C10H20O2Si. The molecule has 13 heavy (non-hydrogen) atoms. The predicted octanol–water partition coefficient (Wildman–Crippen LogP) is 3.11. The van der Waals surface area contributed by atoms with E-state index >= 15 is 0 Å². The first-order chi connectivity index (χ1) is 5.95. The van der Waals surface area contributed by atoms with Crippen molar-refractivity contribution < 1.29 is 9.53 Å². The molecule has 3 heteroatoms. The molecule has 0 aliphatic heterocycles. The van der Waals surface area contributed by atoms with Gasteiger partial charge in [-0.2, -0.15) is 0 Å². The van der Waals surface area contributed by atoms with Crippen molar-refractivity contribution in [2.45, 2.75) is 45.8 Å². The Morgan fingerprint density at radius 2 is 2.00 bits per heavy atom. The van der Waals surface area contributed by atoms with Crippen molar-refractivity contribution >= 4 is 14.0 Å². The van der Waals surface area contributed by atoms with E-state index in [0.717, 1.165) is 12.8 Å². The Hall–Kier alpha value is -0.573. The first kappa shape index (κ1) is 12.4. The lowest BCUT2D eigenvalue weighted by Crippen LogP contribution is -2.15. The molecule has 0 aliphatic rings. The maximum Gasteiger partial charge on any atom is 0.310 e. The minimum Gasteiger partial charge on any atom is -0.435 e. The third-order valence-electron chi connectivity index (χ3n) is 1.50. The van der Waals surface area contributed by atoms with E-state index in [4.69, 9.17) is 4.74 Å². The molecule has 0 fully saturated rings. The summed E-state index contributed by atoms with van der Waals surface area (Å²) in [7, 11) is -1.21. The minimum absolute atomic E-state index is 0.114. The van der Waals surface area contributed by atoms with Crippen molar-refractivity contribution in [3.63, 3.8) is 0 Å². The molecule has 0 bridgehead atoms. The fourth-order valence-corrected chi connectivity index (χ4v) is 1.17. The summed E-state index contributed by atoms with van der Waals surface area (Å²) in [6.45, 7) is 8.65. The van der Waals surface area contributed by atoms with Gasteiger partial charge >= 0.3 is 5.97 Å². The molecule has 0 amide bonds. The number of rotatable bonds is 5. The third kappa shape index (κ3) is 9.34. The Kier molecular flexibility index (Phi) is 5.71. The minimum atomic E-state index is -1.21.